The highest BCUT2D eigenvalue weighted by Gasteiger charge is 2.47. The predicted molar refractivity (Wildman–Crippen MR) is 312 cm³/mol. The number of hydrogen-bond donors (Lipinski definition) is 14. The summed E-state index contributed by atoms with van der Waals surface area (Å²) in [6, 6.07) is 11.6. The monoisotopic (exact) mass is 1200 g/mol. The number of aliphatic hydroxyl groups is 8. The van der Waals surface area contributed by atoms with Crippen LogP contribution in [-0.2, 0) is 36.6 Å². The SMILES string of the molecule is Cc1cc(OCCCNCC(C)(C)CNC(=O)/C=C/C(=O)OC(N)C(C)(C)CNCCCOc2ccc(Cc3c(O[C@@H]4O[C@H](CO)[C@@H](O)[C@H](O)[C@H]4O)n[nH]c3C(C)C)c(C)c2)ccc1Cc1c(O[C@@H]2O[C@H](CO)[C@@H](O)[C@H](O)[C@H]2O)n[nH]c1C(C)C. The summed E-state index contributed by atoms with van der Waals surface area (Å²) < 4.78 is 40.6. The standard InChI is InChI=1S/C60H92N8O17/c1-32(2)46-40(54(67-65-46)84-56-52(77)50(75)48(73)42(27-69)81-56)25-36-13-15-38(23-34(36)5)79-21-11-19-62-29-59(7,8)30-64-44(71)17-18-45(72)83-58(61)60(9,10)31-63-20-12-22-80-39-16-14-37(35(6)24-39)26-41-47(33(3)4)66-68-55(41)85-57-53(78)51(76)49(74)43(28-70)82-57/h13-18,23-24,32-33,42-43,48-53,56-58,62-63,69-70,73-78H,11-12,19-22,25-31,61H2,1-10H3,(H,64,71)(H,65,67)(H,66,68)/b18-17+/t42-,43-,48-,49-,50+,51+,52-,53-,56+,57+,58?/m1/s1. The van der Waals surface area contributed by atoms with Crippen LogP contribution in [0.4, 0.5) is 0 Å². The summed E-state index contributed by atoms with van der Waals surface area (Å²) in [7, 11) is 0. The van der Waals surface area contributed by atoms with Gasteiger partial charge in [0.15, 0.2) is 6.23 Å². The van der Waals surface area contributed by atoms with E-state index in [0.29, 0.717) is 76.7 Å². The Kier molecular flexibility index (Phi) is 25.1. The van der Waals surface area contributed by atoms with E-state index in [0.717, 1.165) is 63.3 Å². The van der Waals surface area contributed by atoms with Crippen molar-refractivity contribution in [3.8, 4) is 23.3 Å². The van der Waals surface area contributed by atoms with Crippen molar-refractivity contribution in [2.45, 2.75) is 174 Å². The molecule has 0 bridgehead atoms. The minimum absolute atomic E-state index is 0.0473. The molecule has 0 spiro atoms. The number of aromatic amines is 2. The van der Waals surface area contributed by atoms with Crippen molar-refractivity contribution in [3.05, 3.63) is 93.3 Å². The molecule has 6 rings (SSSR count). The normalized spacial score (nSPS) is 23.4. The average molecular weight is 1200 g/mol. The second-order valence-electron chi connectivity index (χ2n) is 24.1. The van der Waals surface area contributed by atoms with Gasteiger partial charge in [-0.05, 0) is 104 Å². The number of aromatic nitrogens is 4. The van der Waals surface area contributed by atoms with Gasteiger partial charge in [0, 0.05) is 72.6 Å². The Morgan fingerprint density at radius 2 is 1.11 bits per heavy atom. The van der Waals surface area contributed by atoms with Gasteiger partial charge in [-0.2, -0.15) is 0 Å². The van der Waals surface area contributed by atoms with Gasteiger partial charge in [0.05, 0.1) is 26.4 Å². The van der Waals surface area contributed by atoms with Crippen LogP contribution in [0.2, 0.25) is 0 Å². The van der Waals surface area contributed by atoms with Crippen molar-refractivity contribution in [3.63, 3.8) is 0 Å². The molecule has 1 unspecified atom stereocenters. The fraction of sp³-hybridized carbons (Fsp3) is 0.633. The smallest absolute Gasteiger partial charge is 0.332 e. The molecule has 25 heteroatoms. The maximum absolute atomic E-state index is 12.7. The molecule has 85 heavy (non-hydrogen) atoms. The Balaban J connectivity index is 0.839. The zero-order valence-electron chi connectivity index (χ0n) is 50.5. The number of aliphatic hydroxyl groups excluding tert-OH is 8. The Labute approximate surface area is 496 Å². The molecule has 4 aromatic rings. The molecule has 1 amide bonds. The minimum Gasteiger partial charge on any atom is -0.494 e. The molecule has 0 radical (unpaired) electrons. The topological polar surface area (TPSA) is 380 Å². The molecule has 2 fully saturated rings. The van der Waals surface area contributed by atoms with Gasteiger partial charge in [-0.25, -0.2) is 4.79 Å². The highest BCUT2D eigenvalue weighted by atomic mass is 16.7. The Morgan fingerprint density at radius 3 is 1.53 bits per heavy atom. The highest BCUT2D eigenvalue weighted by molar-refractivity contribution is 5.94. The molecule has 11 atom stereocenters. The maximum Gasteiger partial charge on any atom is 0.332 e. The second-order valence-corrected chi connectivity index (χ2v) is 24.1. The number of carbonyl (C=O) groups excluding carboxylic acids is 2. The summed E-state index contributed by atoms with van der Waals surface area (Å²) in [4.78, 5) is 25.4. The van der Waals surface area contributed by atoms with E-state index in [2.05, 4.69) is 36.3 Å². The number of aryl methyl sites for hydroxylation is 2. The molecular weight excluding hydrogens is 1100 g/mol. The number of rotatable bonds is 32. The Bertz CT molecular complexity index is 2780. The number of nitrogens with two attached hydrogens (primary N) is 1. The van der Waals surface area contributed by atoms with Crippen LogP contribution < -0.4 is 40.6 Å². The van der Waals surface area contributed by atoms with E-state index < -0.39 is 98.1 Å². The molecular formula is C60H92N8O17. The zero-order chi connectivity index (χ0) is 62.3. The van der Waals surface area contributed by atoms with Crippen molar-refractivity contribution in [2.75, 3.05) is 59.2 Å². The van der Waals surface area contributed by atoms with Crippen LogP contribution in [0, 0.1) is 24.7 Å². The van der Waals surface area contributed by atoms with Gasteiger partial charge >= 0.3 is 5.97 Å². The van der Waals surface area contributed by atoms with Crippen LogP contribution in [-0.4, -0.2) is 200 Å². The second kappa shape index (κ2) is 31.2. The maximum atomic E-state index is 12.7. The molecule has 2 aliphatic rings. The van der Waals surface area contributed by atoms with E-state index in [1.54, 1.807) is 0 Å². The fourth-order valence-corrected chi connectivity index (χ4v) is 9.69. The van der Waals surface area contributed by atoms with Gasteiger partial charge in [-0.3, -0.25) is 20.7 Å². The summed E-state index contributed by atoms with van der Waals surface area (Å²) in [6.07, 6.45) is -10.8. The van der Waals surface area contributed by atoms with Crippen molar-refractivity contribution in [1.29, 1.82) is 0 Å². The van der Waals surface area contributed by atoms with E-state index in [-0.39, 0.29) is 29.0 Å². The van der Waals surface area contributed by atoms with E-state index in [4.69, 9.17) is 38.9 Å². The Morgan fingerprint density at radius 1 is 0.659 bits per heavy atom. The molecule has 2 saturated heterocycles. The first-order valence-electron chi connectivity index (χ1n) is 29.1. The molecule has 4 heterocycles. The lowest BCUT2D eigenvalue weighted by Gasteiger charge is -2.39. The molecule has 2 aromatic heterocycles. The first-order chi connectivity index (χ1) is 40.2. The minimum atomic E-state index is -1.59. The molecule has 2 aromatic carbocycles. The summed E-state index contributed by atoms with van der Waals surface area (Å²) in [5.41, 5.74) is 12.4. The van der Waals surface area contributed by atoms with E-state index in [9.17, 15) is 50.4 Å². The van der Waals surface area contributed by atoms with E-state index in [1.165, 1.54) is 0 Å². The number of amides is 1. The third kappa shape index (κ3) is 18.9. The van der Waals surface area contributed by atoms with Crippen LogP contribution in [0.5, 0.6) is 23.3 Å². The van der Waals surface area contributed by atoms with Gasteiger partial charge in [0.1, 0.15) is 60.3 Å². The zero-order valence-corrected chi connectivity index (χ0v) is 50.5. The lowest BCUT2D eigenvalue weighted by Crippen LogP contribution is -2.60. The summed E-state index contributed by atoms with van der Waals surface area (Å²) in [5.74, 6) is 0.670. The number of nitrogens with zero attached hydrogens (tertiary/aromatic N) is 2. The molecule has 15 N–H and O–H groups in total. The van der Waals surface area contributed by atoms with Crippen LogP contribution >= 0.6 is 0 Å². The predicted octanol–water partition coefficient (Wildman–Crippen LogP) is 1.51. The molecule has 25 nitrogen and oxygen atoms in total. The van der Waals surface area contributed by atoms with Gasteiger partial charge in [-0.15, -0.1) is 10.2 Å². The number of ether oxygens (including phenoxy) is 7. The fourth-order valence-electron chi connectivity index (χ4n) is 9.69. The number of hydrogen-bond acceptors (Lipinski definition) is 22. The lowest BCUT2D eigenvalue weighted by atomic mass is 9.91. The van der Waals surface area contributed by atoms with Crippen molar-refractivity contribution < 1.29 is 83.6 Å². The third-order valence-corrected chi connectivity index (χ3v) is 15.2. The van der Waals surface area contributed by atoms with Gasteiger partial charge in [-0.1, -0.05) is 67.5 Å². The molecule has 474 valence electrons. The third-order valence-electron chi connectivity index (χ3n) is 15.2. The van der Waals surface area contributed by atoms with Gasteiger partial charge < -0.3 is 90.0 Å². The first kappa shape index (κ1) is 68.3. The van der Waals surface area contributed by atoms with E-state index in [1.807, 2.05) is 106 Å². The number of carbonyl (C=O) groups is 2. The Hall–Kier alpha value is -5.78. The van der Waals surface area contributed by atoms with Gasteiger partial charge in [0.25, 0.3) is 0 Å². The highest BCUT2D eigenvalue weighted by Crippen LogP contribution is 2.35. The largest absolute Gasteiger partial charge is 0.494 e. The van der Waals surface area contributed by atoms with Crippen molar-refractivity contribution in [1.82, 2.24) is 36.3 Å². The number of H-pyrrole nitrogens is 2. The summed E-state index contributed by atoms with van der Waals surface area (Å²) in [6.45, 7) is 22.1. The van der Waals surface area contributed by atoms with Crippen LogP contribution in [0.15, 0.2) is 48.6 Å². The number of nitrogens with one attached hydrogen (secondary N) is 5. The lowest BCUT2D eigenvalue weighted by molar-refractivity contribution is -0.278. The number of esters is 1. The van der Waals surface area contributed by atoms with Crippen molar-refractivity contribution >= 4 is 11.9 Å². The molecule has 0 aliphatic carbocycles. The van der Waals surface area contributed by atoms with Crippen molar-refractivity contribution in [2.24, 2.45) is 16.6 Å². The first-order valence-corrected chi connectivity index (χ1v) is 29.1. The summed E-state index contributed by atoms with van der Waals surface area (Å²) >= 11 is 0. The number of benzene rings is 2. The average Bonchev–Trinajstić information content (AvgIpc) is 2.96. The molecule has 0 saturated carbocycles. The van der Waals surface area contributed by atoms with Crippen LogP contribution in [0.25, 0.3) is 0 Å². The summed E-state index contributed by atoms with van der Waals surface area (Å²) in [5, 5.41) is 106. The van der Waals surface area contributed by atoms with E-state index >= 15 is 0 Å². The van der Waals surface area contributed by atoms with Crippen LogP contribution in [0.1, 0.15) is 125 Å². The van der Waals surface area contributed by atoms with Gasteiger partial charge in [0.2, 0.25) is 30.2 Å². The quantitative estimate of drug-likeness (QED) is 0.0143. The molecule has 2 aliphatic heterocycles. The van der Waals surface area contributed by atoms with Crippen LogP contribution in [0.3, 0.4) is 0 Å².